The Morgan fingerprint density at radius 3 is 0.877 bits per heavy atom. The molecule has 15 atom stereocenters. The molecule has 572 valence electrons. The number of Topliss-reactive ketones (excluding diaryl/α,β-unsaturated/α-hetero) is 1. The summed E-state index contributed by atoms with van der Waals surface area (Å²) in [5, 5.41) is 0. The van der Waals surface area contributed by atoms with Gasteiger partial charge < -0.3 is 80.6 Å². The molecule has 3 aliphatic heterocycles. The summed E-state index contributed by atoms with van der Waals surface area (Å²) in [7, 11) is 0. The van der Waals surface area contributed by atoms with E-state index >= 15 is 0 Å². The molecule has 0 aliphatic carbocycles. The van der Waals surface area contributed by atoms with E-state index in [2.05, 4.69) is 6.58 Å². The average Bonchev–Trinajstić information content (AvgIpc) is 0.780. The van der Waals surface area contributed by atoms with Crippen LogP contribution in [0.4, 0.5) is 0 Å². The first-order chi connectivity index (χ1) is 50.9. The van der Waals surface area contributed by atoms with Crippen LogP contribution in [0.1, 0.15) is 128 Å². The van der Waals surface area contributed by atoms with Gasteiger partial charge in [0.2, 0.25) is 0 Å². The lowest BCUT2D eigenvalue weighted by Crippen LogP contribution is -2.65. The summed E-state index contributed by atoms with van der Waals surface area (Å²) in [5.41, 5.74) is 1.65. The van der Waals surface area contributed by atoms with Crippen molar-refractivity contribution in [2.45, 2.75) is 227 Å². The number of rotatable bonds is 37. The van der Waals surface area contributed by atoms with Crippen molar-refractivity contribution < 1.29 is 99.8 Å². The summed E-state index contributed by atoms with van der Waals surface area (Å²) in [6, 6.07) is 56.9. The lowest BCUT2D eigenvalue weighted by Gasteiger charge is -2.48. The van der Waals surface area contributed by atoms with Crippen molar-refractivity contribution in [2.75, 3.05) is 26.4 Å². The van der Waals surface area contributed by atoms with Crippen LogP contribution in [0.3, 0.4) is 0 Å². The van der Waals surface area contributed by atoms with Crippen LogP contribution in [-0.2, 0) is 139 Å². The molecule has 3 saturated heterocycles. The van der Waals surface area contributed by atoms with Crippen molar-refractivity contribution in [3.63, 3.8) is 0 Å². The highest BCUT2D eigenvalue weighted by atomic mass is 16.8. The van der Waals surface area contributed by atoms with Gasteiger partial charge in [-0.3, -0.25) is 19.2 Å². The van der Waals surface area contributed by atoms with Crippen LogP contribution in [-0.4, -0.2) is 148 Å². The molecule has 3 heterocycles. The fourth-order valence-corrected chi connectivity index (χ4v) is 11.8. The molecule has 106 heavy (non-hydrogen) atoms. The maximum atomic E-state index is 14.8. The van der Waals surface area contributed by atoms with Crippen LogP contribution < -0.4 is 0 Å². The van der Waals surface area contributed by atoms with E-state index in [0.717, 1.165) is 33.4 Å². The van der Waals surface area contributed by atoms with Gasteiger partial charge in [-0.15, -0.1) is 6.58 Å². The maximum Gasteiger partial charge on any atom is 0.311 e. The van der Waals surface area contributed by atoms with Gasteiger partial charge in [0.1, 0.15) is 67.3 Å². The van der Waals surface area contributed by atoms with E-state index in [0.29, 0.717) is 12.8 Å². The number of unbranched alkanes of at least 4 members (excludes halogenated alkanes) is 1. The first kappa shape index (κ1) is 82.2. The quantitative estimate of drug-likeness (QED) is 0.0153. The number of ketones is 1. The van der Waals surface area contributed by atoms with Crippen molar-refractivity contribution in [1.29, 1.82) is 0 Å². The minimum Gasteiger partial charge on any atom is -0.463 e. The predicted molar refractivity (Wildman–Crippen MR) is 392 cm³/mol. The number of allylic oxidation sites excluding steroid dienone is 1. The second kappa shape index (κ2) is 40.4. The molecular formula is C85H106O21. The second-order valence-corrected chi connectivity index (χ2v) is 29.9. The average molecular weight is 1460 g/mol. The van der Waals surface area contributed by atoms with E-state index in [1.165, 1.54) is 6.92 Å². The van der Waals surface area contributed by atoms with Gasteiger partial charge in [-0.1, -0.05) is 188 Å². The molecule has 9 rings (SSSR count). The number of carbonyl (C=O) groups is 5. The normalized spacial score (nSPS) is 24.8. The van der Waals surface area contributed by atoms with Gasteiger partial charge in [-0.05, 0) is 115 Å². The van der Waals surface area contributed by atoms with Crippen LogP contribution in [0.5, 0.6) is 0 Å². The Kier molecular flexibility index (Phi) is 31.3. The maximum absolute atomic E-state index is 14.8. The molecule has 3 aliphatic rings. The summed E-state index contributed by atoms with van der Waals surface area (Å²) in [6.07, 6.45) is -16.0. The Morgan fingerprint density at radius 1 is 0.349 bits per heavy atom. The van der Waals surface area contributed by atoms with Gasteiger partial charge in [-0.25, -0.2) is 0 Å². The molecule has 6 aromatic rings. The number of esters is 4. The van der Waals surface area contributed by atoms with Crippen molar-refractivity contribution in [1.82, 2.24) is 0 Å². The van der Waals surface area contributed by atoms with Gasteiger partial charge in [-0.2, -0.15) is 0 Å². The van der Waals surface area contributed by atoms with Crippen molar-refractivity contribution in [2.24, 2.45) is 16.2 Å². The molecule has 0 N–H and O–H groups in total. The van der Waals surface area contributed by atoms with E-state index in [-0.39, 0.29) is 71.5 Å². The summed E-state index contributed by atoms with van der Waals surface area (Å²) in [5.74, 6) is -2.65. The molecule has 0 spiro atoms. The van der Waals surface area contributed by atoms with Crippen LogP contribution >= 0.6 is 0 Å². The fourth-order valence-electron chi connectivity index (χ4n) is 11.8. The van der Waals surface area contributed by atoms with Gasteiger partial charge in [0.15, 0.2) is 37.2 Å². The Balaban J connectivity index is 1.16. The standard InChI is InChI=1S/C85H106O21/c1-12-13-32-47-91-77-74(104-80(88)83(3,4)5)71(96-51-61-39-26-17-27-40-61)69(94-49-59-35-22-15-23-36-59)65(101-77)55-99-79-76(106-82(90)85(9,10)11)73(98-53-63-43-30-19-31-44-63)70(95-50-60-37-24-16-25-38-60)66(103-79)56-100-78-75(105-81(89)84(6,7)8)72(97-52-62-41-28-18-29-42-62)68(93-48-58-33-20-14-21-34-58)64(102-78)54-92-67(87)46-45-57(2)86/h12,14-31,33-44,64-66,68-79H,1,13,32,45-56H2,2-11H3/t64-,65-,66-,68-,69-,70-,71+,72+,73+,74-,75-,76-,77-,78-,79-/m1/s1. The van der Waals surface area contributed by atoms with Crippen LogP contribution in [0.25, 0.3) is 0 Å². The van der Waals surface area contributed by atoms with Gasteiger partial charge in [0.05, 0.1) is 82.1 Å². The predicted octanol–water partition coefficient (Wildman–Crippen LogP) is 13.5. The van der Waals surface area contributed by atoms with E-state index < -0.39 is 145 Å². The number of hydrogen-bond donors (Lipinski definition) is 0. The Hall–Kier alpha value is -7.87. The van der Waals surface area contributed by atoms with Crippen molar-refractivity contribution in [3.05, 3.63) is 228 Å². The van der Waals surface area contributed by atoms with Crippen LogP contribution in [0, 0.1) is 16.2 Å². The highest BCUT2D eigenvalue weighted by Gasteiger charge is 2.57. The highest BCUT2D eigenvalue weighted by molar-refractivity contribution is 5.81. The molecule has 0 amide bonds. The van der Waals surface area contributed by atoms with Crippen LogP contribution in [0.2, 0.25) is 0 Å². The molecule has 6 aromatic carbocycles. The van der Waals surface area contributed by atoms with E-state index in [1.807, 2.05) is 182 Å². The second-order valence-electron chi connectivity index (χ2n) is 29.9. The third kappa shape index (κ3) is 25.1. The SMILES string of the molecule is C=CCCCO[C@@H]1O[C@H](CO[C@@H]2O[C@H](CO[C@@H]3O[C@H](COC(=O)CCC(C)=O)[C@@H](OCc4ccccc4)[C@H](OCc4ccccc4)[C@H]3OC(=O)C(C)(C)C)[C@@H](OCc3ccccc3)[C@H](OCc3ccccc3)[C@H]2OC(=O)C(C)(C)C)[C@@H](OCc2ccccc2)[C@H](OCc2ccccc2)[C@H]1OC(=O)C(C)(C)C. The molecule has 0 radical (unpaired) electrons. The molecule has 0 saturated carbocycles. The molecule has 3 fully saturated rings. The summed E-state index contributed by atoms with van der Waals surface area (Å²) < 4.78 is 110. The molecule has 0 aromatic heterocycles. The first-order valence-corrected chi connectivity index (χ1v) is 36.6. The van der Waals surface area contributed by atoms with Gasteiger partial charge in [0, 0.05) is 6.42 Å². The minimum atomic E-state index is -1.55. The number of benzene rings is 6. The monoisotopic (exact) mass is 1460 g/mol. The van der Waals surface area contributed by atoms with Crippen LogP contribution in [0.15, 0.2) is 195 Å². The zero-order chi connectivity index (χ0) is 75.6. The number of hydrogen-bond acceptors (Lipinski definition) is 21. The zero-order valence-corrected chi connectivity index (χ0v) is 62.7. The molecule has 0 bridgehead atoms. The van der Waals surface area contributed by atoms with Crippen molar-refractivity contribution in [3.8, 4) is 0 Å². The topological polar surface area (TPSA) is 233 Å². The van der Waals surface area contributed by atoms with E-state index in [9.17, 15) is 24.0 Å². The molecule has 21 heteroatoms. The largest absolute Gasteiger partial charge is 0.463 e. The third-order valence-electron chi connectivity index (χ3n) is 17.8. The molecular weight excluding hydrogens is 1360 g/mol. The van der Waals surface area contributed by atoms with E-state index in [4.69, 9.17) is 75.8 Å². The lowest BCUT2D eigenvalue weighted by molar-refractivity contribution is -0.356. The summed E-state index contributed by atoms with van der Waals surface area (Å²) in [4.78, 5) is 69.4. The van der Waals surface area contributed by atoms with Crippen molar-refractivity contribution >= 4 is 29.7 Å². The zero-order valence-electron chi connectivity index (χ0n) is 62.7. The summed E-state index contributed by atoms with van der Waals surface area (Å²) >= 11 is 0. The molecule has 21 nitrogen and oxygen atoms in total. The Labute approximate surface area is 624 Å². The smallest absolute Gasteiger partial charge is 0.311 e. The minimum absolute atomic E-state index is 0.00103. The highest BCUT2D eigenvalue weighted by Crippen LogP contribution is 2.39. The van der Waals surface area contributed by atoms with Gasteiger partial charge in [0.25, 0.3) is 0 Å². The Morgan fingerprint density at radius 2 is 0.613 bits per heavy atom. The molecule has 0 unspecified atom stereocenters. The Bertz CT molecular complexity index is 3620. The fraction of sp³-hybridized carbons (Fsp3) is 0.494. The summed E-state index contributed by atoms with van der Waals surface area (Å²) in [6.45, 7) is 20.0. The third-order valence-corrected chi connectivity index (χ3v) is 17.8. The van der Waals surface area contributed by atoms with E-state index in [1.54, 1.807) is 68.4 Å². The lowest BCUT2D eigenvalue weighted by atomic mass is 9.94. The number of carbonyl (C=O) groups excluding carboxylic acids is 5. The van der Waals surface area contributed by atoms with Gasteiger partial charge >= 0.3 is 23.9 Å². The first-order valence-electron chi connectivity index (χ1n) is 36.6. The number of ether oxygens (including phenoxy) is 16.